The summed E-state index contributed by atoms with van der Waals surface area (Å²) >= 11 is 0. The number of aliphatic hydroxyl groups excluding tert-OH is 1. The molecule has 0 saturated carbocycles. The number of aliphatic hydroxyl groups is 1. The van der Waals surface area contributed by atoms with Crippen molar-refractivity contribution in [3.05, 3.63) is 60.2 Å². The van der Waals surface area contributed by atoms with E-state index in [9.17, 15) is 18.3 Å². The molecule has 11 heteroatoms. The molecule has 2 fully saturated rings. The molecule has 1 unspecified atom stereocenters. The minimum atomic E-state index is -3.94. The molecule has 2 aliphatic rings. The monoisotopic (exact) mass is 576 g/mol. The van der Waals surface area contributed by atoms with E-state index in [0.29, 0.717) is 12.4 Å². The zero-order chi connectivity index (χ0) is 28.7. The molecule has 0 bridgehead atoms. The Hall–Kier alpha value is -2.70. The van der Waals surface area contributed by atoms with Crippen molar-refractivity contribution in [2.45, 2.75) is 62.5 Å². The molecule has 0 radical (unpaired) electrons. The number of nitrogens with zero attached hydrogens (tertiary/aromatic N) is 1. The predicted molar refractivity (Wildman–Crippen MR) is 148 cm³/mol. The van der Waals surface area contributed by atoms with E-state index in [0.717, 1.165) is 18.4 Å². The van der Waals surface area contributed by atoms with Gasteiger partial charge in [-0.15, -0.1) is 0 Å². The molecule has 2 aromatic rings. The Balaban J connectivity index is 1.50. The van der Waals surface area contributed by atoms with Gasteiger partial charge in [0.25, 0.3) is 0 Å². The van der Waals surface area contributed by atoms with Crippen LogP contribution in [0.2, 0.25) is 0 Å². The van der Waals surface area contributed by atoms with Crippen LogP contribution >= 0.6 is 0 Å². The van der Waals surface area contributed by atoms with Gasteiger partial charge in [-0.25, -0.2) is 13.2 Å². The van der Waals surface area contributed by atoms with Crippen LogP contribution in [0.1, 0.15) is 32.3 Å². The molecule has 0 spiro atoms. The second kappa shape index (κ2) is 13.8. The lowest BCUT2D eigenvalue weighted by molar-refractivity contribution is -0.152. The number of hydrogen-bond acceptors (Lipinski definition) is 8. The van der Waals surface area contributed by atoms with Crippen molar-refractivity contribution in [2.24, 2.45) is 11.8 Å². The number of alkyl carbamates (subject to hydrolysis) is 1. The number of carbonyl (C=O) groups excluding carboxylic acids is 1. The Morgan fingerprint density at radius 2 is 1.82 bits per heavy atom. The first-order chi connectivity index (χ1) is 19.2. The summed E-state index contributed by atoms with van der Waals surface area (Å²) in [6, 6.07) is 14.7. The third kappa shape index (κ3) is 7.73. The summed E-state index contributed by atoms with van der Waals surface area (Å²) in [5, 5.41) is 14.2. The number of hydrogen-bond donors (Lipinski definition) is 2. The predicted octanol–water partition coefficient (Wildman–Crippen LogP) is 3.19. The summed E-state index contributed by atoms with van der Waals surface area (Å²) in [5.74, 6) is 0.505. The molecule has 2 N–H and O–H groups in total. The van der Waals surface area contributed by atoms with Crippen molar-refractivity contribution >= 4 is 16.1 Å². The van der Waals surface area contributed by atoms with Crippen LogP contribution in [0.15, 0.2) is 59.5 Å². The van der Waals surface area contributed by atoms with Crippen LogP contribution in [-0.2, 0) is 30.7 Å². The fraction of sp³-hybridized carbons (Fsp3) is 0.552. The van der Waals surface area contributed by atoms with Crippen molar-refractivity contribution in [1.82, 2.24) is 9.62 Å². The van der Waals surface area contributed by atoms with Crippen molar-refractivity contribution in [2.75, 3.05) is 33.4 Å². The van der Waals surface area contributed by atoms with E-state index < -0.39 is 34.4 Å². The molecule has 5 atom stereocenters. The molecular formula is C29H40N2O8S. The van der Waals surface area contributed by atoms with Gasteiger partial charge >= 0.3 is 6.09 Å². The largest absolute Gasteiger partial charge is 0.497 e. The second-order valence-electron chi connectivity index (χ2n) is 10.7. The first-order valence-electron chi connectivity index (χ1n) is 13.7. The van der Waals surface area contributed by atoms with E-state index in [1.807, 2.05) is 44.2 Å². The van der Waals surface area contributed by atoms with Gasteiger partial charge in [0.15, 0.2) is 6.29 Å². The Morgan fingerprint density at radius 1 is 1.10 bits per heavy atom. The summed E-state index contributed by atoms with van der Waals surface area (Å²) in [7, 11) is -2.43. The first-order valence-corrected chi connectivity index (χ1v) is 15.2. The molecule has 1 amide bonds. The molecule has 220 valence electrons. The fourth-order valence-corrected chi connectivity index (χ4v) is 6.75. The maximum Gasteiger partial charge on any atom is 0.407 e. The van der Waals surface area contributed by atoms with Gasteiger partial charge in [0, 0.05) is 25.6 Å². The molecule has 0 aliphatic carbocycles. The van der Waals surface area contributed by atoms with Crippen LogP contribution in [-0.4, -0.2) is 81.9 Å². The Labute approximate surface area is 236 Å². The van der Waals surface area contributed by atoms with Crippen LogP contribution < -0.4 is 10.1 Å². The lowest BCUT2D eigenvalue weighted by atomic mass is 9.97. The number of sulfonamides is 1. The normalized spacial score (nSPS) is 22.5. The Morgan fingerprint density at radius 3 is 2.50 bits per heavy atom. The third-order valence-electron chi connectivity index (χ3n) is 7.20. The fourth-order valence-electron chi connectivity index (χ4n) is 5.13. The third-order valence-corrected chi connectivity index (χ3v) is 9.04. The number of ether oxygens (including phenoxy) is 4. The lowest BCUT2D eigenvalue weighted by Crippen LogP contribution is -2.51. The maximum absolute atomic E-state index is 13.6. The molecule has 2 heterocycles. The maximum atomic E-state index is 13.6. The van der Waals surface area contributed by atoms with Crippen molar-refractivity contribution in [1.29, 1.82) is 0 Å². The standard InChI is InChI=1S/C29H40N2O8S/c1-20(2)17-31(40(34,35)23-13-11-22(36-3)12-14-23)18-26(32)25(16-21-8-5-4-6-9-21)30-29(33)39-27-19-38-28-24(27)10-7-15-37-28/h4-6,8-9,11-14,20,24-28,32H,7,10,15-19H2,1-3H3,(H,30,33)/t24-,25?,26-,27+,28+/m1/s1. The summed E-state index contributed by atoms with van der Waals surface area (Å²) in [6.07, 6.45) is -0.733. The van der Waals surface area contributed by atoms with Crippen LogP contribution in [0.4, 0.5) is 4.79 Å². The molecule has 2 aliphatic heterocycles. The number of amides is 1. The number of methoxy groups -OCH3 is 1. The summed E-state index contributed by atoms with van der Waals surface area (Å²) in [4.78, 5) is 13.1. The molecule has 40 heavy (non-hydrogen) atoms. The Kier molecular flexibility index (Phi) is 10.4. The van der Waals surface area contributed by atoms with Crippen molar-refractivity contribution in [3.8, 4) is 5.75 Å². The Bertz CT molecular complexity index is 1190. The minimum Gasteiger partial charge on any atom is -0.497 e. The second-order valence-corrected chi connectivity index (χ2v) is 12.7. The highest BCUT2D eigenvalue weighted by atomic mass is 32.2. The summed E-state index contributed by atoms with van der Waals surface area (Å²) < 4.78 is 50.6. The van der Waals surface area contributed by atoms with Crippen molar-refractivity contribution < 1.29 is 37.3 Å². The lowest BCUT2D eigenvalue weighted by Gasteiger charge is -2.31. The molecule has 4 rings (SSSR count). The molecule has 2 aromatic carbocycles. The van der Waals surface area contributed by atoms with Crippen LogP contribution in [0.3, 0.4) is 0 Å². The van der Waals surface area contributed by atoms with Gasteiger partial charge in [0.1, 0.15) is 11.9 Å². The van der Waals surface area contributed by atoms with E-state index in [2.05, 4.69) is 5.32 Å². The van der Waals surface area contributed by atoms with E-state index >= 15 is 0 Å². The minimum absolute atomic E-state index is 0.00116. The van der Waals surface area contributed by atoms with Crippen molar-refractivity contribution in [3.63, 3.8) is 0 Å². The highest BCUT2D eigenvalue weighted by Crippen LogP contribution is 2.32. The highest BCUT2D eigenvalue weighted by Gasteiger charge is 2.42. The number of benzene rings is 2. The topological polar surface area (TPSA) is 124 Å². The van der Waals surface area contributed by atoms with Crippen LogP contribution in [0.25, 0.3) is 0 Å². The van der Waals surface area contributed by atoms with Gasteiger partial charge in [-0.2, -0.15) is 4.31 Å². The molecule has 2 saturated heterocycles. The molecule has 10 nitrogen and oxygen atoms in total. The number of nitrogens with one attached hydrogen (secondary N) is 1. The van der Waals surface area contributed by atoms with E-state index in [1.54, 1.807) is 12.1 Å². The van der Waals surface area contributed by atoms with E-state index in [1.165, 1.54) is 23.5 Å². The molecule has 0 aromatic heterocycles. The first kappa shape index (κ1) is 30.3. The summed E-state index contributed by atoms with van der Waals surface area (Å²) in [5.41, 5.74) is 0.880. The molecular weight excluding hydrogens is 536 g/mol. The number of rotatable bonds is 12. The van der Waals surface area contributed by atoms with Gasteiger partial charge in [-0.1, -0.05) is 44.2 Å². The van der Waals surface area contributed by atoms with E-state index in [-0.39, 0.29) is 49.1 Å². The smallest absolute Gasteiger partial charge is 0.407 e. The van der Waals surface area contributed by atoms with Gasteiger partial charge in [-0.3, -0.25) is 0 Å². The average Bonchev–Trinajstić information content (AvgIpc) is 3.35. The van der Waals surface area contributed by atoms with E-state index in [4.69, 9.17) is 18.9 Å². The van der Waals surface area contributed by atoms with Gasteiger partial charge in [0.05, 0.1) is 30.8 Å². The van der Waals surface area contributed by atoms with Gasteiger partial charge < -0.3 is 29.4 Å². The van der Waals surface area contributed by atoms with Gasteiger partial charge in [0.2, 0.25) is 10.0 Å². The zero-order valence-electron chi connectivity index (χ0n) is 23.3. The SMILES string of the molecule is COc1ccc(S(=O)(=O)N(CC(C)C)C[C@@H](O)C(Cc2ccccc2)NC(=O)O[C@H]2CO[C@@H]3OCCC[C@@H]32)cc1. The van der Waals surface area contributed by atoms with Crippen LogP contribution in [0, 0.1) is 11.8 Å². The highest BCUT2D eigenvalue weighted by molar-refractivity contribution is 7.89. The number of fused-ring (bicyclic) bond motifs is 1. The van der Waals surface area contributed by atoms with Crippen LogP contribution in [0.5, 0.6) is 5.75 Å². The van der Waals surface area contributed by atoms with Gasteiger partial charge in [-0.05, 0) is 55.0 Å². The summed E-state index contributed by atoms with van der Waals surface area (Å²) in [6.45, 7) is 4.66. The number of carbonyl (C=O) groups is 1. The zero-order valence-corrected chi connectivity index (χ0v) is 24.1. The average molecular weight is 577 g/mol. The quantitative estimate of drug-likeness (QED) is 0.395.